The number of pyridine rings is 1. The Labute approximate surface area is 278 Å². The summed E-state index contributed by atoms with van der Waals surface area (Å²) < 4.78 is 14.0. The van der Waals surface area contributed by atoms with Crippen molar-refractivity contribution in [2.24, 2.45) is 5.73 Å². The van der Waals surface area contributed by atoms with Gasteiger partial charge in [-0.05, 0) is 0 Å². The number of nitrogens with two attached hydrogens (primary N) is 1. The van der Waals surface area contributed by atoms with E-state index in [2.05, 4.69) is 29.1 Å². The van der Waals surface area contributed by atoms with Crippen molar-refractivity contribution >= 4 is 53.1 Å². The minimum absolute atomic E-state index is 0.228. The number of rotatable bonds is 11. The molecule has 47 heavy (non-hydrogen) atoms. The van der Waals surface area contributed by atoms with Crippen LogP contribution >= 0.6 is 0 Å². The van der Waals surface area contributed by atoms with Gasteiger partial charge in [-0.3, -0.25) is 0 Å². The van der Waals surface area contributed by atoms with E-state index in [1.54, 1.807) is 36.4 Å². The van der Waals surface area contributed by atoms with Gasteiger partial charge in [0.15, 0.2) is 0 Å². The number of hydrogen-bond acceptors (Lipinski definition) is 7. The van der Waals surface area contributed by atoms with E-state index in [-0.39, 0.29) is 17.4 Å². The van der Waals surface area contributed by atoms with Crippen molar-refractivity contribution < 1.29 is 19.1 Å². The molecule has 2 amide bonds. The average molecular weight is 686 g/mol. The van der Waals surface area contributed by atoms with Crippen LogP contribution in [0.4, 0.5) is 5.69 Å². The first kappa shape index (κ1) is 31.5. The Morgan fingerprint density at radius 2 is 1.60 bits per heavy atom. The Kier molecular flexibility index (Phi) is 9.55. The fourth-order valence-electron chi connectivity index (χ4n) is 4.84. The zero-order valence-corrected chi connectivity index (χ0v) is 27.9. The van der Waals surface area contributed by atoms with Crippen LogP contribution in [0.2, 0.25) is 0 Å². The molecular weight excluding hydrogens is 653 g/mol. The molecule has 4 aromatic carbocycles. The van der Waals surface area contributed by atoms with E-state index in [0.717, 1.165) is 31.2 Å². The SMILES string of the molecule is CC(C)c1ccc2c([AsH]c3cc(C(=O)Nc4ccccc4C(N)=O)ccc3Oc3ccc(OCc4ccccc4)cc3)ncnc2n1. The van der Waals surface area contributed by atoms with E-state index < -0.39 is 21.7 Å². The summed E-state index contributed by atoms with van der Waals surface area (Å²) in [5, 5.41) is 3.70. The zero-order valence-electron chi connectivity index (χ0n) is 25.8. The van der Waals surface area contributed by atoms with Crippen molar-refractivity contribution in [3.8, 4) is 17.2 Å². The third kappa shape index (κ3) is 7.65. The van der Waals surface area contributed by atoms with Crippen LogP contribution in [0.3, 0.4) is 0 Å². The van der Waals surface area contributed by atoms with Gasteiger partial charge in [0.05, 0.1) is 0 Å². The molecule has 6 aromatic rings. The summed E-state index contributed by atoms with van der Waals surface area (Å²) in [7, 11) is 0. The number of hydrogen-bond donors (Lipinski definition) is 2. The van der Waals surface area contributed by atoms with E-state index in [9.17, 15) is 9.59 Å². The summed E-state index contributed by atoms with van der Waals surface area (Å²) in [4.78, 5) is 39.2. The minimum atomic E-state index is -1.15. The van der Waals surface area contributed by atoms with Gasteiger partial charge in [-0.2, -0.15) is 0 Å². The zero-order chi connectivity index (χ0) is 32.8. The molecule has 0 aliphatic rings. The molecule has 234 valence electrons. The summed E-state index contributed by atoms with van der Waals surface area (Å²) in [5.41, 5.74) is 9.17. The van der Waals surface area contributed by atoms with Gasteiger partial charge in [-0.1, -0.05) is 6.07 Å². The third-order valence-corrected chi connectivity index (χ3v) is 10.1. The van der Waals surface area contributed by atoms with Crippen LogP contribution < -0.4 is 29.4 Å². The van der Waals surface area contributed by atoms with Gasteiger partial charge in [0.2, 0.25) is 0 Å². The molecule has 9 nitrogen and oxygen atoms in total. The van der Waals surface area contributed by atoms with E-state index in [4.69, 9.17) is 20.2 Å². The Morgan fingerprint density at radius 3 is 2.36 bits per heavy atom. The van der Waals surface area contributed by atoms with Gasteiger partial charge in [0.25, 0.3) is 0 Å². The monoisotopic (exact) mass is 685 g/mol. The standard InChI is InChI=1S/C37H32AsN5O4/c1-23(2)31-18-17-29-34(40-22-41-36(29)42-31)38-30-20-25(37(45)43-32-11-7-6-10-28(32)35(39)44)12-19-33(30)47-27-15-13-26(14-16-27)46-21-24-8-4-3-5-9-24/h3-20,22-23,38H,21H2,1-2H3,(H2,39,44)(H,43,45). The normalized spacial score (nSPS) is 11.2. The summed E-state index contributed by atoms with van der Waals surface area (Å²) in [5.74, 6) is 1.20. The summed E-state index contributed by atoms with van der Waals surface area (Å²) in [6.45, 7) is 4.65. The molecule has 0 fully saturated rings. The molecule has 0 spiro atoms. The van der Waals surface area contributed by atoms with Crippen LogP contribution in [0, 0.1) is 0 Å². The Hall–Kier alpha value is -5.53. The molecule has 0 radical (unpaired) electrons. The molecule has 6 rings (SSSR count). The number of benzene rings is 4. The van der Waals surface area contributed by atoms with Crippen molar-refractivity contribution in [2.45, 2.75) is 26.4 Å². The van der Waals surface area contributed by atoms with Crippen molar-refractivity contribution in [2.75, 3.05) is 5.32 Å². The molecule has 0 saturated carbocycles. The number of carbonyl (C=O) groups excluding carboxylic acids is 2. The van der Waals surface area contributed by atoms with Gasteiger partial charge in [-0.25, -0.2) is 0 Å². The van der Waals surface area contributed by atoms with Crippen LogP contribution in [0.15, 0.2) is 116 Å². The molecule has 0 aliphatic heterocycles. The first-order chi connectivity index (χ1) is 22.8. The number of ether oxygens (including phenoxy) is 2. The maximum absolute atomic E-state index is 13.4. The van der Waals surface area contributed by atoms with Gasteiger partial charge in [0, 0.05) is 0 Å². The molecule has 3 N–H and O–H groups in total. The first-order valence-corrected chi connectivity index (χ1v) is 17.1. The number of fused-ring (bicyclic) bond motifs is 1. The molecule has 0 bridgehead atoms. The molecule has 1 atom stereocenters. The second-order valence-corrected chi connectivity index (χ2v) is 13.7. The number of nitrogens with zero attached hydrogens (tertiary/aromatic N) is 3. The van der Waals surface area contributed by atoms with Crippen LogP contribution in [-0.2, 0) is 6.61 Å². The Morgan fingerprint density at radius 1 is 0.851 bits per heavy atom. The molecule has 2 aromatic heterocycles. The summed E-state index contributed by atoms with van der Waals surface area (Å²) >= 11 is -1.15. The van der Waals surface area contributed by atoms with Crippen molar-refractivity contribution in [3.63, 3.8) is 0 Å². The number of anilines is 1. The number of aromatic nitrogens is 3. The first-order valence-electron chi connectivity index (χ1n) is 15.0. The molecule has 2 heterocycles. The number of primary amides is 1. The predicted octanol–water partition coefficient (Wildman–Crippen LogP) is 5.26. The van der Waals surface area contributed by atoms with Gasteiger partial charge in [-0.15, -0.1) is 0 Å². The van der Waals surface area contributed by atoms with Gasteiger partial charge >= 0.3 is 274 Å². The number of nitrogens with one attached hydrogen (secondary N) is 1. The van der Waals surface area contributed by atoms with Crippen LogP contribution in [0.25, 0.3) is 11.0 Å². The van der Waals surface area contributed by atoms with E-state index >= 15 is 0 Å². The predicted molar refractivity (Wildman–Crippen MR) is 184 cm³/mol. The van der Waals surface area contributed by atoms with Gasteiger partial charge < -0.3 is 0 Å². The van der Waals surface area contributed by atoms with Crippen molar-refractivity contribution in [3.05, 3.63) is 138 Å². The van der Waals surface area contributed by atoms with E-state index in [0.29, 0.717) is 35.0 Å². The second-order valence-electron chi connectivity index (χ2n) is 11.0. The fraction of sp³-hybridized carbons (Fsp3) is 0.108. The fourth-order valence-corrected chi connectivity index (χ4v) is 7.34. The summed E-state index contributed by atoms with van der Waals surface area (Å²) in [6, 6.07) is 33.3. The van der Waals surface area contributed by atoms with Gasteiger partial charge in [0.1, 0.15) is 0 Å². The van der Waals surface area contributed by atoms with Crippen LogP contribution in [0.1, 0.15) is 51.7 Å². The van der Waals surface area contributed by atoms with E-state index in [1.165, 1.54) is 6.33 Å². The summed E-state index contributed by atoms with van der Waals surface area (Å²) in [6.07, 6.45) is 1.53. The average Bonchev–Trinajstić information content (AvgIpc) is 3.09. The van der Waals surface area contributed by atoms with E-state index in [1.807, 2.05) is 72.8 Å². The van der Waals surface area contributed by atoms with Crippen molar-refractivity contribution in [1.82, 2.24) is 15.0 Å². The Bertz CT molecular complexity index is 2050. The number of para-hydroxylation sites is 1. The second kappa shape index (κ2) is 14.3. The van der Waals surface area contributed by atoms with Crippen LogP contribution in [0.5, 0.6) is 17.2 Å². The molecule has 0 aliphatic carbocycles. The van der Waals surface area contributed by atoms with Crippen molar-refractivity contribution in [1.29, 1.82) is 0 Å². The maximum atomic E-state index is 13.4. The number of carbonyl (C=O) groups is 2. The Balaban J connectivity index is 1.30. The quantitative estimate of drug-likeness (QED) is 0.178. The molecule has 0 saturated heterocycles. The molecular formula is C37H32AsN5O4. The molecule has 1 unspecified atom stereocenters. The van der Waals surface area contributed by atoms with Crippen LogP contribution in [-0.4, -0.2) is 42.5 Å². The topological polar surface area (TPSA) is 129 Å². The molecule has 10 heteroatoms. The number of amides is 2. The third-order valence-electron chi connectivity index (χ3n) is 7.35.